The average molecular weight is 377 g/mol. The van der Waals surface area contributed by atoms with E-state index in [1.165, 1.54) is 23.5 Å². The highest BCUT2D eigenvalue weighted by Gasteiger charge is 2.11. The normalized spacial score (nSPS) is 10.5. The van der Waals surface area contributed by atoms with Gasteiger partial charge in [-0.1, -0.05) is 25.0 Å². The number of nitrogens with zero attached hydrogens (tertiary/aromatic N) is 2. The van der Waals surface area contributed by atoms with Crippen LogP contribution in [0.1, 0.15) is 38.5 Å². The van der Waals surface area contributed by atoms with E-state index in [4.69, 9.17) is 5.11 Å². The molecule has 2 aromatic rings. The van der Waals surface area contributed by atoms with Gasteiger partial charge in [-0.05, 0) is 12.8 Å². The Morgan fingerprint density at radius 2 is 1.92 bits per heavy atom. The topological polar surface area (TPSA) is 122 Å². The van der Waals surface area contributed by atoms with E-state index in [-0.39, 0.29) is 18.0 Å². The van der Waals surface area contributed by atoms with Gasteiger partial charge in [0.25, 0.3) is 5.69 Å². The Labute approximate surface area is 154 Å². The maximum Gasteiger partial charge on any atom is 0.303 e. The summed E-state index contributed by atoms with van der Waals surface area (Å²) in [6, 6.07) is 6.17. The molecule has 0 saturated heterocycles. The summed E-state index contributed by atoms with van der Waals surface area (Å²) in [6.07, 6.45) is 3.40. The molecule has 2 rings (SSSR count). The number of amides is 1. The SMILES string of the molecule is O=C(O)CCCCCCC(=O)Nc1nc(-c2cccc([N+](=O)[O-])c2)cs1. The number of carboxylic acid groups (broad SMARTS) is 1. The van der Waals surface area contributed by atoms with E-state index in [0.29, 0.717) is 35.7 Å². The second-order valence-electron chi connectivity index (χ2n) is 5.70. The number of anilines is 1. The molecule has 1 aromatic heterocycles. The first-order chi connectivity index (χ1) is 12.5. The number of nitrogens with one attached hydrogen (secondary N) is 1. The lowest BCUT2D eigenvalue weighted by Gasteiger charge is -2.02. The molecule has 0 atom stereocenters. The van der Waals surface area contributed by atoms with E-state index in [1.807, 2.05) is 0 Å². The number of nitro benzene ring substituents is 1. The van der Waals surface area contributed by atoms with Crippen molar-refractivity contribution in [3.05, 3.63) is 39.8 Å². The molecule has 0 aliphatic carbocycles. The number of hydrogen-bond donors (Lipinski definition) is 2. The summed E-state index contributed by atoms with van der Waals surface area (Å²) < 4.78 is 0. The Hall–Kier alpha value is -2.81. The third-order valence-electron chi connectivity index (χ3n) is 3.65. The third kappa shape index (κ3) is 6.25. The van der Waals surface area contributed by atoms with E-state index in [1.54, 1.807) is 17.5 Å². The first-order valence-electron chi connectivity index (χ1n) is 8.17. The maximum atomic E-state index is 11.9. The lowest BCUT2D eigenvalue weighted by molar-refractivity contribution is -0.384. The molecule has 0 saturated carbocycles. The summed E-state index contributed by atoms with van der Waals surface area (Å²) in [7, 11) is 0. The van der Waals surface area contributed by atoms with Crippen molar-refractivity contribution < 1.29 is 19.6 Å². The second kappa shape index (κ2) is 9.62. The molecule has 0 fully saturated rings. The minimum absolute atomic E-state index is 0.0102. The lowest BCUT2D eigenvalue weighted by atomic mass is 10.1. The Balaban J connectivity index is 1.80. The molecule has 0 aliphatic rings. The Morgan fingerprint density at radius 1 is 1.19 bits per heavy atom. The fourth-order valence-corrected chi connectivity index (χ4v) is 3.08. The predicted molar refractivity (Wildman–Crippen MR) is 98.2 cm³/mol. The number of thiazole rings is 1. The van der Waals surface area contributed by atoms with Gasteiger partial charge in [-0.25, -0.2) is 4.98 Å². The van der Waals surface area contributed by atoms with Crippen molar-refractivity contribution in [2.45, 2.75) is 38.5 Å². The minimum atomic E-state index is -0.800. The largest absolute Gasteiger partial charge is 0.481 e. The van der Waals surface area contributed by atoms with Gasteiger partial charge in [0, 0.05) is 35.9 Å². The molecule has 9 heteroatoms. The number of carboxylic acids is 1. The number of aliphatic carboxylic acids is 1. The van der Waals surface area contributed by atoms with Crippen molar-refractivity contribution in [1.29, 1.82) is 0 Å². The average Bonchev–Trinajstić information content (AvgIpc) is 3.06. The zero-order valence-corrected chi connectivity index (χ0v) is 14.8. The van der Waals surface area contributed by atoms with Crippen LogP contribution in [0, 0.1) is 10.1 Å². The van der Waals surface area contributed by atoms with Crippen LogP contribution in [-0.4, -0.2) is 26.9 Å². The third-order valence-corrected chi connectivity index (χ3v) is 4.41. The van der Waals surface area contributed by atoms with Gasteiger partial charge < -0.3 is 10.4 Å². The number of nitro groups is 1. The Kier molecular flexibility index (Phi) is 7.22. The zero-order valence-electron chi connectivity index (χ0n) is 14.0. The van der Waals surface area contributed by atoms with Crippen molar-refractivity contribution in [2.75, 3.05) is 5.32 Å². The lowest BCUT2D eigenvalue weighted by Crippen LogP contribution is -2.10. The van der Waals surface area contributed by atoms with Gasteiger partial charge in [0.1, 0.15) is 0 Å². The summed E-state index contributed by atoms with van der Waals surface area (Å²) in [4.78, 5) is 37.0. The van der Waals surface area contributed by atoms with Gasteiger partial charge in [0.05, 0.1) is 10.6 Å². The van der Waals surface area contributed by atoms with Crippen molar-refractivity contribution >= 4 is 34.0 Å². The fourth-order valence-electron chi connectivity index (χ4n) is 2.34. The molecule has 2 N–H and O–H groups in total. The Bertz CT molecular complexity index is 790. The molecule has 0 aliphatic heterocycles. The number of aromatic nitrogens is 1. The van der Waals surface area contributed by atoms with Crippen LogP contribution in [0.2, 0.25) is 0 Å². The smallest absolute Gasteiger partial charge is 0.303 e. The first kappa shape index (κ1) is 19.5. The Morgan fingerprint density at radius 3 is 2.62 bits per heavy atom. The summed E-state index contributed by atoms with van der Waals surface area (Å²) in [5.74, 6) is -0.950. The van der Waals surface area contributed by atoms with Crippen LogP contribution < -0.4 is 5.32 Å². The predicted octanol–water partition coefficient (Wildman–Crippen LogP) is 4.08. The van der Waals surface area contributed by atoms with Gasteiger partial charge in [-0.15, -0.1) is 11.3 Å². The number of benzene rings is 1. The molecule has 26 heavy (non-hydrogen) atoms. The molecule has 1 aromatic carbocycles. The van der Waals surface area contributed by atoms with Gasteiger partial charge in [0.2, 0.25) is 5.91 Å². The van der Waals surface area contributed by atoms with Crippen molar-refractivity contribution in [2.24, 2.45) is 0 Å². The molecule has 0 bridgehead atoms. The minimum Gasteiger partial charge on any atom is -0.481 e. The maximum absolute atomic E-state index is 11.9. The van der Waals surface area contributed by atoms with Crippen LogP contribution in [-0.2, 0) is 9.59 Å². The number of hydrogen-bond acceptors (Lipinski definition) is 6. The molecule has 1 heterocycles. The van der Waals surface area contributed by atoms with E-state index < -0.39 is 10.9 Å². The number of carbonyl (C=O) groups excluding carboxylic acids is 1. The van der Waals surface area contributed by atoms with Crippen molar-refractivity contribution in [1.82, 2.24) is 4.98 Å². The highest BCUT2D eigenvalue weighted by Crippen LogP contribution is 2.27. The van der Waals surface area contributed by atoms with Crippen LogP contribution in [0.4, 0.5) is 10.8 Å². The van der Waals surface area contributed by atoms with Crippen LogP contribution >= 0.6 is 11.3 Å². The molecule has 8 nitrogen and oxygen atoms in total. The van der Waals surface area contributed by atoms with E-state index in [0.717, 1.165) is 12.8 Å². The molecule has 138 valence electrons. The van der Waals surface area contributed by atoms with Crippen LogP contribution in [0.15, 0.2) is 29.6 Å². The molecule has 0 unspecified atom stereocenters. The molecule has 0 spiro atoms. The fraction of sp³-hybridized carbons (Fsp3) is 0.353. The van der Waals surface area contributed by atoms with Crippen molar-refractivity contribution in [3.63, 3.8) is 0 Å². The van der Waals surface area contributed by atoms with Crippen LogP contribution in [0.25, 0.3) is 11.3 Å². The summed E-state index contributed by atoms with van der Waals surface area (Å²) in [5, 5.41) is 24.3. The van der Waals surface area contributed by atoms with Crippen LogP contribution in [0.3, 0.4) is 0 Å². The van der Waals surface area contributed by atoms with E-state index in [9.17, 15) is 19.7 Å². The summed E-state index contributed by atoms with van der Waals surface area (Å²) in [5.41, 5.74) is 1.18. The van der Waals surface area contributed by atoms with Crippen molar-refractivity contribution in [3.8, 4) is 11.3 Å². The second-order valence-corrected chi connectivity index (χ2v) is 6.56. The molecular formula is C17H19N3O5S. The number of carbonyl (C=O) groups is 2. The first-order valence-corrected chi connectivity index (χ1v) is 9.05. The van der Waals surface area contributed by atoms with E-state index in [2.05, 4.69) is 10.3 Å². The molecular weight excluding hydrogens is 358 g/mol. The van der Waals surface area contributed by atoms with Crippen LogP contribution in [0.5, 0.6) is 0 Å². The standard InChI is InChI=1S/C17H19N3O5S/c21-15(8-3-1-2-4-9-16(22)23)19-17-18-14(11-26-17)12-6-5-7-13(10-12)20(24)25/h5-7,10-11H,1-4,8-9H2,(H,22,23)(H,18,19,21). The highest BCUT2D eigenvalue weighted by molar-refractivity contribution is 7.14. The summed E-state index contributed by atoms with van der Waals surface area (Å²) >= 11 is 1.26. The van der Waals surface area contributed by atoms with Gasteiger partial charge in [0.15, 0.2) is 5.13 Å². The highest BCUT2D eigenvalue weighted by atomic mass is 32.1. The number of rotatable bonds is 10. The molecule has 1 amide bonds. The number of non-ortho nitro benzene ring substituents is 1. The number of unbranched alkanes of at least 4 members (excludes halogenated alkanes) is 3. The zero-order chi connectivity index (χ0) is 18.9. The van der Waals surface area contributed by atoms with Gasteiger partial charge in [-0.2, -0.15) is 0 Å². The monoisotopic (exact) mass is 377 g/mol. The van der Waals surface area contributed by atoms with Gasteiger partial charge >= 0.3 is 5.97 Å². The van der Waals surface area contributed by atoms with Gasteiger partial charge in [-0.3, -0.25) is 19.7 Å². The quantitative estimate of drug-likeness (QED) is 0.365. The molecule has 0 radical (unpaired) electrons. The summed E-state index contributed by atoms with van der Waals surface area (Å²) in [6.45, 7) is 0. The van der Waals surface area contributed by atoms with E-state index >= 15 is 0 Å².